The van der Waals surface area contributed by atoms with Gasteiger partial charge in [-0.15, -0.1) is 0 Å². The van der Waals surface area contributed by atoms with E-state index in [1.165, 1.54) is 77.2 Å². The first kappa shape index (κ1) is 23.4. The molecule has 144 valence electrons. The minimum absolute atomic E-state index is 0.225. The number of unbranched alkanes of at least 4 members (excludes halogenated alkanes) is 9. The summed E-state index contributed by atoms with van der Waals surface area (Å²) in [6.07, 6.45) is 18.6. The highest BCUT2D eigenvalue weighted by atomic mass is 16.1. The molecule has 0 unspecified atom stereocenters. The molecule has 0 aromatic rings. The Morgan fingerprint density at radius 1 is 0.792 bits per heavy atom. The highest BCUT2D eigenvalue weighted by Gasteiger charge is 2.05. The summed E-state index contributed by atoms with van der Waals surface area (Å²) in [5.41, 5.74) is 0. The highest BCUT2D eigenvalue weighted by Crippen LogP contribution is 2.11. The van der Waals surface area contributed by atoms with E-state index >= 15 is 0 Å². The van der Waals surface area contributed by atoms with E-state index in [0.717, 1.165) is 30.3 Å². The van der Waals surface area contributed by atoms with E-state index in [0.29, 0.717) is 0 Å². The fraction of sp³-hybridized carbons (Fsp3) is 0.952. The summed E-state index contributed by atoms with van der Waals surface area (Å²) in [6.45, 7) is 4.50. The second-order valence-electron chi connectivity index (χ2n) is 8.36. The van der Waals surface area contributed by atoms with Crippen LogP contribution >= 0.6 is 0 Å². The van der Waals surface area contributed by atoms with Crippen LogP contribution < -0.4 is 5.32 Å². The van der Waals surface area contributed by atoms with Gasteiger partial charge in [0.05, 0.1) is 27.7 Å². The molecule has 1 amide bonds. The number of rotatable bonds is 11. The molecule has 0 spiro atoms. The third kappa shape index (κ3) is 19.5. The van der Waals surface area contributed by atoms with Gasteiger partial charge in [-0.25, -0.2) is 0 Å². The van der Waals surface area contributed by atoms with Gasteiger partial charge in [0.1, 0.15) is 0 Å². The van der Waals surface area contributed by atoms with Crippen molar-refractivity contribution in [1.82, 2.24) is 5.32 Å². The van der Waals surface area contributed by atoms with Crippen LogP contribution in [-0.4, -0.2) is 44.6 Å². The second-order valence-corrected chi connectivity index (χ2v) is 8.36. The van der Waals surface area contributed by atoms with Crippen molar-refractivity contribution in [3.05, 3.63) is 0 Å². The predicted octanol–water partition coefficient (Wildman–Crippen LogP) is 5.29. The number of nitrogens with zero attached hydrogens (tertiary/aromatic N) is 1. The Kier molecular flexibility index (Phi) is 15.6. The van der Waals surface area contributed by atoms with Crippen LogP contribution in [0.2, 0.25) is 0 Å². The van der Waals surface area contributed by atoms with Crippen LogP contribution in [0.1, 0.15) is 96.8 Å². The molecule has 1 N–H and O–H groups in total. The van der Waals surface area contributed by atoms with Gasteiger partial charge in [0.2, 0.25) is 5.91 Å². The van der Waals surface area contributed by atoms with Crippen molar-refractivity contribution in [3.8, 4) is 0 Å². The molecule has 0 radical (unpaired) electrons. The lowest BCUT2D eigenvalue weighted by Gasteiger charge is -2.23. The average molecular weight is 342 g/mol. The largest absolute Gasteiger partial charge is 0.356 e. The molecule has 3 nitrogen and oxygen atoms in total. The van der Waals surface area contributed by atoms with Crippen LogP contribution in [0.4, 0.5) is 0 Å². The van der Waals surface area contributed by atoms with Gasteiger partial charge in [-0.05, 0) is 25.7 Å². The third-order valence-corrected chi connectivity index (χ3v) is 4.59. The van der Waals surface area contributed by atoms with E-state index < -0.39 is 0 Å². The maximum atomic E-state index is 10.6. The molecule has 1 rings (SSSR count). The Hall–Kier alpha value is -0.570. The summed E-state index contributed by atoms with van der Waals surface area (Å²) < 4.78 is 1.12. The summed E-state index contributed by atoms with van der Waals surface area (Å²) >= 11 is 0. The van der Waals surface area contributed by atoms with Gasteiger partial charge in [-0.2, -0.15) is 0 Å². The Morgan fingerprint density at radius 3 is 1.88 bits per heavy atom. The van der Waals surface area contributed by atoms with Crippen molar-refractivity contribution in [3.63, 3.8) is 0 Å². The zero-order chi connectivity index (χ0) is 18.1. The second kappa shape index (κ2) is 15.9. The Labute approximate surface area is 152 Å². The maximum absolute atomic E-state index is 10.6. The molecule has 0 aromatic heterocycles. The smallest absolute Gasteiger partial charge is 0.219 e. The number of hydrogen-bond acceptors (Lipinski definition) is 1. The van der Waals surface area contributed by atoms with E-state index in [9.17, 15) is 4.79 Å². The molecule has 0 aromatic carbocycles. The molecule has 1 fully saturated rings. The zero-order valence-corrected chi connectivity index (χ0v) is 17.2. The summed E-state index contributed by atoms with van der Waals surface area (Å²) in [7, 11) is 6.86. The first-order chi connectivity index (χ1) is 11.5. The topological polar surface area (TPSA) is 29.1 Å². The van der Waals surface area contributed by atoms with Gasteiger partial charge in [0.25, 0.3) is 0 Å². The van der Waals surface area contributed by atoms with E-state index in [1.807, 2.05) is 0 Å². The van der Waals surface area contributed by atoms with Crippen LogP contribution in [-0.2, 0) is 4.79 Å². The Balaban J connectivity index is 0.000000546. The quantitative estimate of drug-likeness (QED) is 0.401. The molecule has 0 bridgehead atoms. The summed E-state index contributed by atoms with van der Waals surface area (Å²) in [6, 6.07) is 0. The Bertz CT molecular complexity index is 274. The lowest BCUT2D eigenvalue weighted by molar-refractivity contribution is -0.870. The average Bonchev–Trinajstić information content (AvgIpc) is 2.76. The number of nitrogens with one attached hydrogen (secondary N) is 1. The van der Waals surface area contributed by atoms with E-state index in [1.54, 1.807) is 0 Å². The lowest BCUT2D eigenvalue weighted by atomic mass is 10.1. The van der Waals surface area contributed by atoms with E-state index in [2.05, 4.69) is 33.4 Å². The molecule has 1 heterocycles. The van der Waals surface area contributed by atoms with Crippen LogP contribution in [0.3, 0.4) is 0 Å². The molecule has 1 saturated heterocycles. The van der Waals surface area contributed by atoms with Gasteiger partial charge in [0.15, 0.2) is 0 Å². The van der Waals surface area contributed by atoms with Crippen molar-refractivity contribution >= 4 is 5.91 Å². The summed E-state index contributed by atoms with van der Waals surface area (Å²) in [4.78, 5) is 10.6. The van der Waals surface area contributed by atoms with Gasteiger partial charge >= 0.3 is 0 Å². The van der Waals surface area contributed by atoms with Crippen molar-refractivity contribution in [1.29, 1.82) is 0 Å². The molecular weight excluding hydrogens is 296 g/mol. The van der Waals surface area contributed by atoms with Crippen LogP contribution in [0, 0.1) is 0 Å². The summed E-state index contributed by atoms with van der Waals surface area (Å²) in [5, 5.41) is 2.81. The number of carbonyl (C=O) groups is 1. The van der Waals surface area contributed by atoms with Gasteiger partial charge in [-0.1, -0.05) is 64.7 Å². The van der Waals surface area contributed by atoms with E-state index in [4.69, 9.17) is 0 Å². The van der Waals surface area contributed by atoms with Crippen LogP contribution in [0.15, 0.2) is 0 Å². The fourth-order valence-electron chi connectivity index (χ4n) is 2.98. The number of carbonyl (C=O) groups excluding carboxylic acids is 1. The first-order valence-corrected chi connectivity index (χ1v) is 10.5. The zero-order valence-electron chi connectivity index (χ0n) is 17.2. The first-order valence-electron chi connectivity index (χ1n) is 10.5. The molecule has 24 heavy (non-hydrogen) atoms. The lowest BCUT2D eigenvalue weighted by Crippen LogP contribution is -2.35. The summed E-state index contributed by atoms with van der Waals surface area (Å²) in [5.74, 6) is 0.225. The van der Waals surface area contributed by atoms with Crippen molar-refractivity contribution in [2.24, 2.45) is 0 Å². The SMILES string of the molecule is CCCCCCCCCCCC[N+](C)(C)C.O=C1CCCCCN1. The van der Waals surface area contributed by atoms with Crippen molar-refractivity contribution in [2.75, 3.05) is 34.2 Å². The molecule has 0 saturated carbocycles. The van der Waals surface area contributed by atoms with Gasteiger partial charge < -0.3 is 9.80 Å². The Morgan fingerprint density at radius 2 is 1.33 bits per heavy atom. The van der Waals surface area contributed by atoms with Gasteiger partial charge in [0, 0.05) is 13.0 Å². The molecule has 1 aliphatic heterocycles. The predicted molar refractivity (Wildman–Crippen MR) is 106 cm³/mol. The molecule has 1 aliphatic rings. The van der Waals surface area contributed by atoms with Crippen molar-refractivity contribution in [2.45, 2.75) is 96.8 Å². The highest BCUT2D eigenvalue weighted by molar-refractivity contribution is 5.75. The molecule has 0 atom stereocenters. The van der Waals surface area contributed by atoms with Crippen LogP contribution in [0.5, 0.6) is 0 Å². The molecular formula is C21H45N2O+. The van der Waals surface area contributed by atoms with Crippen LogP contribution in [0.25, 0.3) is 0 Å². The number of amides is 1. The number of hydrogen-bond donors (Lipinski definition) is 1. The minimum atomic E-state index is 0.225. The van der Waals surface area contributed by atoms with E-state index in [-0.39, 0.29) is 5.91 Å². The van der Waals surface area contributed by atoms with Crippen molar-refractivity contribution < 1.29 is 9.28 Å². The number of quaternary nitrogens is 1. The third-order valence-electron chi connectivity index (χ3n) is 4.59. The van der Waals surface area contributed by atoms with Gasteiger partial charge in [-0.3, -0.25) is 4.79 Å². The monoisotopic (exact) mass is 341 g/mol. The molecule has 3 heteroatoms. The maximum Gasteiger partial charge on any atom is 0.219 e. The normalized spacial score (nSPS) is 15.2. The molecule has 0 aliphatic carbocycles. The standard InChI is InChI=1S/C15H34N.C6H11NO/c1-5-6-7-8-9-10-11-12-13-14-15-16(2,3)4;8-6-4-2-1-3-5-7-6/h5-15H2,1-4H3;1-5H2,(H,7,8)/q+1;. The fourth-order valence-corrected chi connectivity index (χ4v) is 2.98. The minimum Gasteiger partial charge on any atom is -0.356 e.